The van der Waals surface area contributed by atoms with Gasteiger partial charge in [-0.1, -0.05) is 18.2 Å². The van der Waals surface area contributed by atoms with E-state index in [4.69, 9.17) is 10.5 Å². The van der Waals surface area contributed by atoms with Crippen molar-refractivity contribution in [1.82, 2.24) is 5.32 Å². The number of hydrogen-bond acceptors (Lipinski definition) is 3. The van der Waals surface area contributed by atoms with Crippen LogP contribution in [0.15, 0.2) is 59.6 Å². The molecular weight excluding hydrogens is 254 g/mol. The highest BCUT2D eigenvalue weighted by atomic mass is 16.5. The molecule has 0 heterocycles. The quantitative estimate of drug-likeness (QED) is 0.661. The Morgan fingerprint density at radius 2 is 1.75 bits per heavy atom. The maximum atomic E-state index is 11.9. The Morgan fingerprint density at radius 3 is 2.35 bits per heavy atom. The number of carbonyl (C=O) groups excluding carboxylic acids is 1. The molecule has 1 amide bonds. The number of nitrogens with two attached hydrogens (primary N) is 1. The zero-order valence-electron chi connectivity index (χ0n) is 11.0. The molecule has 20 heavy (non-hydrogen) atoms. The molecule has 2 aromatic carbocycles. The smallest absolute Gasteiger partial charge is 0.257 e. The molecule has 0 aliphatic carbocycles. The summed E-state index contributed by atoms with van der Waals surface area (Å²) in [5, 5.41) is 2.53. The number of guanidine groups is 1. The van der Waals surface area contributed by atoms with Gasteiger partial charge in [-0.15, -0.1) is 0 Å². The van der Waals surface area contributed by atoms with E-state index in [9.17, 15) is 4.79 Å². The molecule has 0 aliphatic heterocycles. The van der Waals surface area contributed by atoms with E-state index in [2.05, 4.69) is 10.3 Å². The van der Waals surface area contributed by atoms with Crippen molar-refractivity contribution in [2.24, 2.45) is 10.7 Å². The number of amides is 1. The van der Waals surface area contributed by atoms with Crippen molar-refractivity contribution in [3.8, 4) is 5.75 Å². The molecular formula is C15H15N3O2. The zero-order valence-corrected chi connectivity index (χ0v) is 11.0. The summed E-state index contributed by atoms with van der Waals surface area (Å²) in [6.07, 6.45) is 0. The molecule has 3 N–H and O–H groups in total. The zero-order chi connectivity index (χ0) is 14.4. The van der Waals surface area contributed by atoms with E-state index >= 15 is 0 Å². The molecule has 5 nitrogen and oxygen atoms in total. The van der Waals surface area contributed by atoms with Gasteiger partial charge in [0.2, 0.25) is 5.96 Å². The standard InChI is InChI=1S/C15H15N3O2/c1-20-13-9-7-11(8-10-13)14(19)18-15(16)17-12-5-3-2-4-6-12/h2-10H,1H3,(H3,16,17,18,19). The molecule has 102 valence electrons. The van der Waals surface area contributed by atoms with Gasteiger partial charge >= 0.3 is 0 Å². The minimum atomic E-state index is -0.315. The number of nitrogens with one attached hydrogen (secondary N) is 1. The van der Waals surface area contributed by atoms with E-state index in [1.54, 1.807) is 43.5 Å². The van der Waals surface area contributed by atoms with Gasteiger partial charge in [0.25, 0.3) is 5.91 Å². The van der Waals surface area contributed by atoms with E-state index in [1.807, 2.05) is 18.2 Å². The van der Waals surface area contributed by atoms with E-state index in [0.29, 0.717) is 17.0 Å². The summed E-state index contributed by atoms with van der Waals surface area (Å²) in [6, 6.07) is 15.9. The number of carbonyl (C=O) groups is 1. The number of methoxy groups -OCH3 is 1. The number of rotatable bonds is 3. The first-order valence-corrected chi connectivity index (χ1v) is 6.03. The lowest BCUT2D eigenvalue weighted by molar-refractivity contribution is 0.0976. The summed E-state index contributed by atoms with van der Waals surface area (Å²) in [5.41, 5.74) is 6.86. The van der Waals surface area contributed by atoms with Gasteiger partial charge < -0.3 is 10.5 Å². The van der Waals surface area contributed by atoms with Crippen molar-refractivity contribution in [3.05, 3.63) is 60.2 Å². The van der Waals surface area contributed by atoms with Crippen LogP contribution in [0.1, 0.15) is 10.4 Å². The van der Waals surface area contributed by atoms with Gasteiger partial charge in [-0.25, -0.2) is 4.99 Å². The molecule has 0 unspecified atom stereocenters. The molecule has 0 spiro atoms. The molecule has 0 atom stereocenters. The maximum absolute atomic E-state index is 11.9. The minimum Gasteiger partial charge on any atom is -0.497 e. The second-order valence-electron chi connectivity index (χ2n) is 4.02. The van der Waals surface area contributed by atoms with Gasteiger partial charge in [0.05, 0.1) is 12.8 Å². The van der Waals surface area contributed by atoms with Crippen molar-refractivity contribution < 1.29 is 9.53 Å². The van der Waals surface area contributed by atoms with Crippen LogP contribution < -0.4 is 15.8 Å². The van der Waals surface area contributed by atoms with Crippen LogP contribution in [0.2, 0.25) is 0 Å². The SMILES string of the molecule is COc1ccc(C(=O)NC(N)=Nc2ccccc2)cc1. The number of nitrogens with zero attached hydrogens (tertiary/aromatic N) is 1. The van der Waals surface area contributed by atoms with Gasteiger partial charge in [0, 0.05) is 5.56 Å². The van der Waals surface area contributed by atoms with Gasteiger partial charge in [0.1, 0.15) is 5.75 Å². The highest BCUT2D eigenvalue weighted by molar-refractivity contribution is 6.05. The summed E-state index contributed by atoms with van der Waals surface area (Å²) in [5.74, 6) is 0.425. The van der Waals surface area contributed by atoms with E-state index in [1.165, 1.54) is 0 Å². The summed E-state index contributed by atoms with van der Waals surface area (Å²) in [6.45, 7) is 0. The second kappa shape index (κ2) is 6.38. The Bertz CT molecular complexity index is 607. The molecule has 0 saturated carbocycles. The average molecular weight is 269 g/mol. The van der Waals surface area contributed by atoms with Crippen LogP contribution in [0.5, 0.6) is 5.75 Å². The fraction of sp³-hybridized carbons (Fsp3) is 0.0667. The molecule has 0 aromatic heterocycles. The van der Waals surface area contributed by atoms with Crippen molar-refractivity contribution in [2.45, 2.75) is 0 Å². The largest absolute Gasteiger partial charge is 0.497 e. The first-order chi connectivity index (χ1) is 9.69. The Hall–Kier alpha value is -2.82. The predicted octanol–water partition coefficient (Wildman–Crippen LogP) is 2.07. The molecule has 0 bridgehead atoms. The van der Waals surface area contributed by atoms with Crippen LogP contribution in [-0.2, 0) is 0 Å². The van der Waals surface area contributed by atoms with Gasteiger partial charge in [0.15, 0.2) is 0 Å². The lowest BCUT2D eigenvalue weighted by Crippen LogP contribution is -2.36. The monoisotopic (exact) mass is 269 g/mol. The molecule has 0 saturated heterocycles. The Morgan fingerprint density at radius 1 is 1.10 bits per heavy atom. The first-order valence-electron chi connectivity index (χ1n) is 6.03. The second-order valence-corrected chi connectivity index (χ2v) is 4.02. The molecule has 2 aromatic rings. The highest BCUT2D eigenvalue weighted by Crippen LogP contribution is 2.11. The van der Waals surface area contributed by atoms with E-state index < -0.39 is 0 Å². The number of benzene rings is 2. The van der Waals surface area contributed by atoms with Gasteiger partial charge in [-0.05, 0) is 36.4 Å². The van der Waals surface area contributed by atoms with Crippen LogP contribution in [0.4, 0.5) is 5.69 Å². The van der Waals surface area contributed by atoms with Crippen LogP contribution in [-0.4, -0.2) is 19.0 Å². The summed E-state index contributed by atoms with van der Waals surface area (Å²) in [4.78, 5) is 16.0. The normalized spacial score (nSPS) is 10.9. The van der Waals surface area contributed by atoms with Crippen LogP contribution in [0.3, 0.4) is 0 Å². The maximum Gasteiger partial charge on any atom is 0.257 e. The van der Waals surface area contributed by atoms with Crippen LogP contribution in [0, 0.1) is 0 Å². The van der Waals surface area contributed by atoms with E-state index in [0.717, 1.165) is 0 Å². The number of hydrogen-bond donors (Lipinski definition) is 2. The fourth-order valence-electron chi connectivity index (χ4n) is 1.60. The topological polar surface area (TPSA) is 76.7 Å². The predicted molar refractivity (Wildman–Crippen MR) is 78.2 cm³/mol. The highest BCUT2D eigenvalue weighted by Gasteiger charge is 2.06. The van der Waals surface area contributed by atoms with Crippen molar-refractivity contribution >= 4 is 17.6 Å². The third kappa shape index (κ3) is 3.58. The summed E-state index contributed by atoms with van der Waals surface area (Å²) < 4.78 is 5.03. The van der Waals surface area contributed by atoms with Crippen LogP contribution >= 0.6 is 0 Å². The molecule has 0 radical (unpaired) electrons. The number of aliphatic imine (C=N–C) groups is 1. The molecule has 0 aliphatic rings. The Kier molecular flexibility index (Phi) is 4.34. The number of para-hydroxylation sites is 1. The van der Waals surface area contributed by atoms with Gasteiger partial charge in [-0.2, -0.15) is 0 Å². The third-order valence-corrected chi connectivity index (χ3v) is 2.60. The van der Waals surface area contributed by atoms with Gasteiger partial charge in [-0.3, -0.25) is 10.1 Å². The fourth-order valence-corrected chi connectivity index (χ4v) is 1.60. The minimum absolute atomic E-state index is 0.0528. The summed E-state index contributed by atoms with van der Waals surface area (Å²) >= 11 is 0. The lowest BCUT2D eigenvalue weighted by Gasteiger charge is -2.05. The lowest BCUT2D eigenvalue weighted by atomic mass is 10.2. The molecule has 0 fully saturated rings. The van der Waals surface area contributed by atoms with E-state index in [-0.39, 0.29) is 11.9 Å². The Labute approximate surface area is 117 Å². The summed E-state index contributed by atoms with van der Waals surface area (Å²) in [7, 11) is 1.57. The van der Waals surface area contributed by atoms with Crippen LogP contribution in [0.25, 0.3) is 0 Å². The van der Waals surface area contributed by atoms with Crippen molar-refractivity contribution in [2.75, 3.05) is 7.11 Å². The molecule has 2 rings (SSSR count). The van der Waals surface area contributed by atoms with Crippen molar-refractivity contribution in [3.63, 3.8) is 0 Å². The van der Waals surface area contributed by atoms with Crippen molar-refractivity contribution in [1.29, 1.82) is 0 Å². The third-order valence-electron chi connectivity index (χ3n) is 2.60. The first kappa shape index (κ1) is 13.6. The number of ether oxygens (including phenoxy) is 1. The Balaban J connectivity index is 2.05. The molecule has 5 heteroatoms. The average Bonchev–Trinajstić information content (AvgIpc) is 2.48.